The van der Waals surface area contributed by atoms with Gasteiger partial charge in [-0.25, -0.2) is 4.98 Å². The summed E-state index contributed by atoms with van der Waals surface area (Å²) < 4.78 is 5.32. The molecule has 0 atom stereocenters. The summed E-state index contributed by atoms with van der Waals surface area (Å²) in [5.74, 6) is 1.04. The highest BCUT2D eigenvalue weighted by atomic mass is 16.3. The molecule has 3 heterocycles. The second-order valence-corrected chi connectivity index (χ2v) is 6.09. The average Bonchev–Trinajstić information content (AvgIpc) is 3.17. The minimum Gasteiger partial charge on any atom is -0.461 e. The molecule has 124 valence electrons. The summed E-state index contributed by atoms with van der Waals surface area (Å²) in [6.45, 7) is 2.07. The Hall–Kier alpha value is -3.17. The molecule has 25 heavy (non-hydrogen) atoms. The molecule has 1 aromatic carbocycles. The molecule has 0 bridgehead atoms. The first-order chi connectivity index (χ1) is 12.2. The molecule has 0 spiro atoms. The lowest BCUT2D eigenvalue weighted by Gasteiger charge is -2.27. The van der Waals surface area contributed by atoms with Gasteiger partial charge in [-0.15, -0.1) is 0 Å². The van der Waals surface area contributed by atoms with E-state index in [2.05, 4.69) is 20.9 Å². The van der Waals surface area contributed by atoms with E-state index in [4.69, 9.17) is 9.68 Å². The number of nitrogens with zero attached hydrogens (tertiary/aromatic N) is 3. The molecule has 1 N–H and O–H groups in total. The summed E-state index contributed by atoms with van der Waals surface area (Å²) in [6.07, 6.45) is 2.27. The SMILES string of the molecule is N#Cc1cccc(CN2CCc3nc(-c4ccco4)[nH]c(=O)c3C2)c1. The van der Waals surface area contributed by atoms with E-state index in [9.17, 15) is 4.79 Å². The van der Waals surface area contributed by atoms with Gasteiger partial charge in [0.2, 0.25) is 0 Å². The summed E-state index contributed by atoms with van der Waals surface area (Å²) in [4.78, 5) is 22.0. The number of aromatic amines is 1. The molecule has 0 radical (unpaired) electrons. The van der Waals surface area contributed by atoms with Crippen molar-refractivity contribution in [2.45, 2.75) is 19.5 Å². The normalized spacial score (nSPS) is 14.0. The number of hydrogen-bond acceptors (Lipinski definition) is 5. The smallest absolute Gasteiger partial charge is 0.256 e. The van der Waals surface area contributed by atoms with Crippen LogP contribution in [0.4, 0.5) is 0 Å². The van der Waals surface area contributed by atoms with Crippen LogP contribution in [0.3, 0.4) is 0 Å². The van der Waals surface area contributed by atoms with Crippen molar-refractivity contribution in [2.24, 2.45) is 0 Å². The summed E-state index contributed by atoms with van der Waals surface area (Å²) in [5, 5.41) is 9.01. The monoisotopic (exact) mass is 332 g/mol. The number of furan rings is 1. The van der Waals surface area contributed by atoms with E-state index in [1.165, 1.54) is 0 Å². The molecule has 3 aromatic rings. The molecule has 0 amide bonds. The van der Waals surface area contributed by atoms with E-state index >= 15 is 0 Å². The highest BCUT2D eigenvalue weighted by Crippen LogP contribution is 2.20. The zero-order valence-corrected chi connectivity index (χ0v) is 13.5. The molecule has 0 unspecified atom stereocenters. The predicted octanol–water partition coefficient (Wildman–Crippen LogP) is 2.46. The van der Waals surface area contributed by atoms with E-state index in [1.807, 2.05) is 18.2 Å². The number of aromatic nitrogens is 2. The highest BCUT2D eigenvalue weighted by Gasteiger charge is 2.22. The van der Waals surface area contributed by atoms with Crippen molar-refractivity contribution in [3.05, 3.63) is 75.4 Å². The average molecular weight is 332 g/mol. The number of benzene rings is 1. The Morgan fingerprint density at radius 1 is 1.32 bits per heavy atom. The number of rotatable bonds is 3. The fraction of sp³-hybridized carbons (Fsp3) is 0.211. The molecule has 6 nitrogen and oxygen atoms in total. The molecule has 4 rings (SSSR count). The molecule has 0 saturated carbocycles. The Kier molecular flexibility index (Phi) is 3.92. The lowest BCUT2D eigenvalue weighted by Crippen LogP contribution is -2.35. The maximum absolute atomic E-state index is 12.5. The molecular weight excluding hydrogens is 316 g/mol. The summed E-state index contributed by atoms with van der Waals surface area (Å²) in [7, 11) is 0. The first-order valence-electron chi connectivity index (χ1n) is 8.10. The van der Waals surface area contributed by atoms with Crippen LogP contribution >= 0.6 is 0 Å². The van der Waals surface area contributed by atoms with Crippen LogP contribution < -0.4 is 5.56 Å². The molecule has 0 saturated heterocycles. The van der Waals surface area contributed by atoms with Crippen LogP contribution in [0.1, 0.15) is 22.4 Å². The quantitative estimate of drug-likeness (QED) is 0.796. The lowest BCUT2D eigenvalue weighted by atomic mass is 10.1. The van der Waals surface area contributed by atoms with Crippen LogP contribution in [-0.2, 0) is 19.5 Å². The fourth-order valence-electron chi connectivity index (χ4n) is 3.14. The first-order valence-corrected chi connectivity index (χ1v) is 8.10. The van der Waals surface area contributed by atoms with Crippen LogP contribution in [0.25, 0.3) is 11.6 Å². The van der Waals surface area contributed by atoms with Gasteiger partial charge in [-0.3, -0.25) is 9.69 Å². The summed E-state index contributed by atoms with van der Waals surface area (Å²) in [6, 6.07) is 13.3. The molecule has 1 aliphatic rings. The Morgan fingerprint density at radius 3 is 3.04 bits per heavy atom. The van der Waals surface area contributed by atoms with Crippen LogP contribution in [0.15, 0.2) is 51.9 Å². The standard InChI is InChI=1S/C19H16N4O2/c20-10-13-3-1-4-14(9-13)11-23-7-6-16-15(12-23)19(24)22-18(21-16)17-5-2-8-25-17/h1-5,8-9H,6-7,11-12H2,(H,21,22,24). The summed E-state index contributed by atoms with van der Waals surface area (Å²) in [5.41, 5.74) is 3.14. The van der Waals surface area contributed by atoms with Gasteiger partial charge in [0.1, 0.15) is 0 Å². The molecular formula is C19H16N4O2. The van der Waals surface area contributed by atoms with Gasteiger partial charge in [-0.2, -0.15) is 5.26 Å². The minimum absolute atomic E-state index is 0.119. The number of hydrogen-bond donors (Lipinski definition) is 1. The molecule has 1 aliphatic heterocycles. The van der Waals surface area contributed by atoms with Crippen LogP contribution in [0.5, 0.6) is 0 Å². The summed E-state index contributed by atoms with van der Waals surface area (Å²) >= 11 is 0. The van der Waals surface area contributed by atoms with Crippen molar-refractivity contribution in [3.63, 3.8) is 0 Å². The maximum atomic E-state index is 12.5. The van der Waals surface area contributed by atoms with Crippen molar-refractivity contribution in [3.8, 4) is 17.7 Å². The van der Waals surface area contributed by atoms with Gasteiger partial charge in [0.25, 0.3) is 5.56 Å². The van der Waals surface area contributed by atoms with E-state index in [0.29, 0.717) is 42.2 Å². The Bertz CT molecular complexity index is 999. The Labute approximate surface area is 144 Å². The third kappa shape index (κ3) is 3.10. The Morgan fingerprint density at radius 2 is 2.24 bits per heavy atom. The number of nitrogens with one attached hydrogen (secondary N) is 1. The second kappa shape index (κ2) is 6.38. The van der Waals surface area contributed by atoms with Gasteiger partial charge in [-0.05, 0) is 29.8 Å². The van der Waals surface area contributed by atoms with E-state index < -0.39 is 0 Å². The van der Waals surface area contributed by atoms with Crippen molar-refractivity contribution >= 4 is 0 Å². The minimum atomic E-state index is -0.119. The molecule has 0 aliphatic carbocycles. The topological polar surface area (TPSA) is 85.9 Å². The Balaban J connectivity index is 1.57. The van der Waals surface area contributed by atoms with Crippen molar-refractivity contribution < 1.29 is 4.42 Å². The van der Waals surface area contributed by atoms with Gasteiger partial charge >= 0.3 is 0 Å². The third-order valence-electron chi connectivity index (χ3n) is 4.36. The number of fused-ring (bicyclic) bond motifs is 1. The van der Waals surface area contributed by atoms with E-state index in [-0.39, 0.29) is 5.56 Å². The van der Waals surface area contributed by atoms with E-state index in [0.717, 1.165) is 17.8 Å². The predicted molar refractivity (Wildman–Crippen MR) is 91.5 cm³/mol. The number of H-pyrrole nitrogens is 1. The largest absolute Gasteiger partial charge is 0.461 e. The van der Waals surface area contributed by atoms with Gasteiger partial charge in [0.05, 0.1) is 29.2 Å². The first kappa shape index (κ1) is 15.4. The van der Waals surface area contributed by atoms with Crippen LogP contribution in [0, 0.1) is 11.3 Å². The van der Waals surface area contributed by atoms with E-state index in [1.54, 1.807) is 24.5 Å². The number of nitriles is 1. The van der Waals surface area contributed by atoms with Gasteiger partial charge in [0, 0.05) is 26.1 Å². The maximum Gasteiger partial charge on any atom is 0.256 e. The second-order valence-electron chi connectivity index (χ2n) is 6.09. The molecule has 0 fully saturated rings. The van der Waals surface area contributed by atoms with Gasteiger partial charge in [-0.1, -0.05) is 12.1 Å². The third-order valence-corrected chi connectivity index (χ3v) is 4.36. The molecule has 6 heteroatoms. The molecule has 2 aromatic heterocycles. The van der Waals surface area contributed by atoms with Crippen LogP contribution in [0.2, 0.25) is 0 Å². The highest BCUT2D eigenvalue weighted by molar-refractivity contribution is 5.47. The van der Waals surface area contributed by atoms with Gasteiger partial charge in [0.15, 0.2) is 11.6 Å². The van der Waals surface area contributed by atoms with Crippen molar-refractivity contribution in [1.82, 2.24) is 14.9 Å². The zero-order chi connectivity index (χ0) is 17.2. The van der Waals surface area contributed by atoms with Crippen molar-refractivity contribution in [1.29, 1.82) is 5.26 Å². The van der Waals surface area contributed by atoms with Gasteiger partial charge < -0.3 is 9.40 Å². The van der Waals surface area contributed by atoms with Crippen LogP contribution in [-0.4, -0.2) is 21.4 Å². The van der Waals surface area contributed by atoms with Crippen molar-refractivity contribution in [2.75, 3.05) is 6.54 Å². The lowest BCUT2D eigenvalue weighted by molar-refractivity contribution is 0.242. The fourth-order valence-corrected chi connectivity index (χ4v) is 3.14. The zero-order valence-electron chi connectivity index (χ0n) is 13.5.